The molecule has 164 valence electrons. The monoisotopic (exact) mass is 432 g/mol. The van der Waals surface area contributed by atoms with Crippen LogP contribution in [0.2, 0.25) is 0 Å². The number of benzene rings is 3. The van der Waals surface area contributed by atoms with E-state index >= 15 is 0 Å². The zero-order valence-corrected chi connectivity index (χ0v) is 17.8. The first-order chi connectivity index (χ1) is 15.6. The molecule has 2 unspecified atom stereocenters. The van der Waals surface area contributed by atoms with Gasteiger partial charge in [0, 0.05) is 5.56 Å². The third-order valence-electron chi connectivity index (χ3n) is 5.44. The highest BCUT2D eigenvalue weighted by Gasteiger charge is 2.32. The van der Waals surface area contributed by atoms with E-state index in [9.17, 15) is 9.59 Å². The summed E-state index contributed by atoms with van der Waals surface area (Å²) in [5.74, 6) is 0.123. The van der Waals surface area contributed by atoms with E-state index in [1.165, 1.54) is 13.3 Å². The van der Waals surface area contributed by atoms with E-state index in [0.717, 1.165) is 27.6 Å². The van der Waals surface area contributed by atoms with Crippen LogP contribution in [0.1, 0.15) is 33.9 Å². The summed E-state index contributed by atoms with van der Waals surface area (Å²) in [6.45, 7) is 0. The Labute approximate surface area is 185 Å². The van der Waals surface area contributed by atoms with Crippen LogP contribution in [0.25, 0.3) is 10.8 Å². The zero-order chi connectivity index (χ0) is 22.5. The number of nitrogens with zero attached hydrogens (tertiary/aromatic N) is 1. The van der Waals surface area contributed by atoms with Crippen molar-refractivity contribution in [3.8, 4) is 5.75 Å². The van der Waals surface area contributed by atoms with E-state index in [4.69, 9.17) is 4.74 Å². The third kappa shape index (κ3) is 4.46. The second kappa shape index (κ2) is 9.59. The molecular weight excluding hydrogens is 408 g/mol. The van der Waals surface area contributed by atoms with Crippen LogP contribution < -0.4 is 21.0 Å². The van der Waals surface area contributed by atoms with Crippen molar-refractivity contribution in [2.75, 3.05) is 14.2 Å². The summed E-state index contributed by atoms with van der Waals surface area (Å²) < 4.78 is 10.3. The van der Waals surface area contributed by atoms with Gasteiger partial charge in [0.25, 0.3) is 5.91 Å². The van der Waals surface area contributed by atoms with Crippen LogP contribution in [0, 0.1) is 0 Å². The summed E-state index contributed by atoms with van der Waals surface area (Å²) in [5, 5.41) is 6.22. The summed E-state index contributed by atoms with van der Waals surface area (Å²) >= 11 is 0. The van der Waals surface area contributed by atoms with Gasteiger partial charge in [-0.15, -0.1) is 0 Å². The van der Waals surface area contributed by atoms with Crippen molar-refractivity contribution in [2.24, 2.45) is 5.10 Å². The van der Waals surface area contributed by atoms with Gasteiger partial charge in [0.15, 0.2) is 0 Å². The topological polar surface area (TPSA) is 101 Å². The lowest BCUT2D eigenvalue weighted by molar-refractivity contribution is -0.122. The van der Waals surface area contributed by atoms with Crippen LogP contribution in [0.15, 0.2) is 65.8 Å². The minimum Gasteiger partial charge on any atom is -0.496 e. The van der Waals surface area contributed by atoms with Crippen LogP contribution in [-0.4, -0.2) is 38.4 Å². The summed E-state index contributed by atoms with van der Waals surface area (Å²) in [6, 6.07) is 18.2. The number of amides is 1. The summed E-state index contributed by atoms with van der Waals surface area (Å²) in [7, 11) is 2.98. The van der Waals surface area contributed by atoms with Crippen molar-refractivity contribution >= 4 is 28.9 Å². The fraction of sp³-hybridized carbons (Fsp3) is 0.208. The number of hydrazine groups is 1. The molecule has 8 heteroatoms. The molecule has 1 fully saturated rings. The Kier molecular flexibility index (Phi) is 6.44. The Bertz CT molecular complexity index is 1160. The first-order valence-electron chi connectivity index (χ1n) is 10.2. The fourth-order valence-corrected chi connectivity index (χ4v) is 3.80. The summed E-state index contributed by atoms with van der Waals surface area (Å²) in [5.41, 5.74) is 11.0. The van der Waals surface area contributed by atoms with Crippen molar-refractivity contribution in [3.63, 3.8) is 0 Å². The number of hydrazone groups is 1. The molecule has 0 radical (unpaired) electrons. The minimum atomic E-state index is -0.456. The van der Waals surface area contributed by atoms with Gasteiger partial charge in [-0.05, 0) is 41.0 Å². The number of rotatable bonds is 6. The molecule has 1 heterocycles. The number of hydrogen-bond acceptors (Lipinski definition) is 7. The molecule has 0 saturated carbocycles. The lowest BCUT2D eigenvalue weighted by Crippen LogP contribution is -2.41. The maximum Gasteiger partial charge on any atom is 0.337 e. The van der Waals surface area contributed by atoms with Crippen LogP contribution in [0.3, 0.4) is 0 Å². The molecule has 1 aliphatic heterocycles. The summed E-state index contributed by atoms with van der Waals surface area (Å²) in [4.78, 5) is 24.1. The number of esters is 1. The Morgan fingerprint density at radius 2 is 1.81 bits per heavy atom. The highest BCUT2D eigenvalue weighted by Crippen LogP contribution is 2.36. The molecule has 4 rings (SSSR count). The van der Waals surface area contributed by atoms with E-state index in [2.05, 4.69) is 38.2 Å². The molecule has 0 aromatic heterocycles. The highest BCUT2D eigenvalue weighted by molar-refractivity contribution is 5.91. The number of methoxy groups -OCH3 is 2. The highest BCUT2D eigenvalue weighted by atomic mass is 16.5. The lowest BCUT2D eigenvalue weighted by Gasteiger charge is -2.17. The van der Waals surface area contributed by atoms with Crippen LogP contribution in [-0.2, 0) is 9.53 Å². The standard InChI is InChI=1S/C24H24N4O4/c1-31-21-12-11-16-5-3-4-6-18(16)22(21)19-13-20(27-26-19)23(29)28-25-14-15-7-9-17(10-8-15)24(30)32-2/h3-12,14,19-20,26-27H,13H2,1-2H3,(H,28,29)/b25-14+. The van der Waals surface area contributed by atoms with E-state index in [1.54, 1.807) is 31.4 Å². The number of carbonyl (C=O) groups excluding carboxylic acids is 2. The predicted octanol–water partition coefficient (Wildman–Crippen LogP) is 2.69. The second-order valence-corrected chi connectivity index (χ2v) is 7.38. The van der Waals surface area contributed by atoms with Gasteiger partial charge in [-0.1, -0.05) is 42.5 Å². The predicted molar refractivity (Wildman–Crippen MR) is 121 cm³/mol. The Morgan fingerprint density at radius 3 is 2.56 bits per heavy atom. The first-order valence-corrected chi connectivity index (χ1v) is 10.2. The zero-order valence-electron chi connectivity index (χ0n) is 17.8. The van der Waals surface area contributed by atoms with E-state index in [1.807, 2.05) is 24.3 Å². The van der Waals surface area contributed by atoms with Gasteiger partial charge in [0.05, 0.1) is 32.0 Å². The van der Waals surface area contributed by atoms with Gasteiger partial charge in [0.1, 0.15) is 11.8 Å². The van der Waals surface area contributed by atoms with E-state index in [-0.39, 0.29) is 11.9 Å². The average Bonchev–Trinajstić information content (AvgIpc) is 3.33. The molecular formula is C24H24N4O4. The van der Waals surface area contributed by atoms with Gasteiger partial charge in [-0.3, -0.25) is 4.79 Å². The maximum absolute atomic E-state index is 12.6. The van der Waals surface area contributed by atoms with Gasteiger partial charge < -0.3 is 9.47 Å². The average molecular weight is 432 g/mol. The number of hydrogen-bond donors (Lipinski definition) is 3. The molecule has 0 aliphatic carbocycles. The molecule has 32 heavy (non-hydrogen) atoms. The molecule has 3 aromatic rings. The Morgan fingerprint density at radius 1 is 1.03 bits per heavy atom. The molecule has 1 saturated heterocycles. The van der Waals surface area contributed by atoms with Crippen LogP contribution >= 0.6 is 0 Å². The number of nitrogens with one attached hydrogen (secondary N) is 3. The normalized spacial score (nSPS) is 18.1. The van der Waals surface area contributed by atoms with Gasteiger partial charge in [-0.25, -0.2) is 21.1 Å². The molecule has 0 bridgehead atoms. The van der Waals surface area contributed by atoms with Crippen molar-refractivity contribution < 1.29 is 19.1 Å². The molecule has 0 spiro atoms. The van der Waals surface area contributed by atoms with Crippen LogP contribution in [0.5, 0.6) is 5.75 Å². The van der Waals surface area contributed by atoms with E-state index in [0.29, 0.717) is 12.0 Å². The van der Waals surface area contributed by atoms with Crippen molar-refractivity contribution in [1.82, 2.24) is 16.3 Å². The molecule has 3 N–H and O–H groups in total. The minimum absolute atomic E-state index is 0.0957. The fourth-order valence-electron chi connectivity index (χ4n) is 3.80. The lowest BCUT2D eigenvalue weighted by atomic mass is 9.95. The molecule has 1 amide bonds. The number of carbonyl (C=O) groups is 2. The second-order valence-electron chi connectivity index (χ2n) is 7.38. The smallest absolute Gasteiger partial charge is 0.337 e. The quantitative estimate of drug-likeness (QED) is 0.315. The Hall–Kier alpha value is -3.75. The van der Waals surface area contributed by atoms with Gasteiger partial charge in [0.2, 0.25) is 0 Å². The summed E-state index contributed by atoms with van der Waals surface area (Å²) in [6.07, 6.45) is 2.06. The van der Waals surface area contributed by atoms with Crippen molar-refractivity contribution in [1.29, 1.82) is 0 Å². The largest absolute Gasteiger partial charge is 0.496 e. The van der Waals surface area contributed by atoms with Gasteiger partial charge >= 0.3 is 5.97 Å². The molecule has 1 aliphatic rings. The van der Waals surface area contributed by atoms with Crippen molar-refractivity contribution in [2.45, 2.75) is 18.5 Å². The van der Waals surface area contributed by atoms with Crippen molar-refractivity contribution in [3.05, 3.63) is 77.4 Å². The number of ether oxygens (including phenoxy) is 2. The van der Waals surface area contributed by atoms with Gasteiger partial charge in [-0.2, -0.15) is 5.10 Å². The SMILES string of the molecule is COC(=O)c1ccc(/C=N/NC(=O)C2CC(c3c(OC)ccc4ccccc34)NN2)cc1. The van der Waals surface area contributed by atoms with Crippen LogP contribution in [0.4, 0.5) is 0 Å². The van der Waals surface area contributed by atoms with E-state index < -0.39 is 12.0 Å². The molecule has 8 nitrogen and oxygen atoms in total. The molecule has 3 aromatic carbocycles. The third-order valence-corrected chi connectivity index (χ3v) is 5.44. The molecule has 2 atom stereocenters. The Balaban J connectivity index is 1.41. The first kappa shape index (κ1) is 21.5. The number of fused-ring (bicyclic) bond motifs is 1. The maximum atomic E-state index is 12.6.